The molecule has 1 fully saturated rings. The van der Waals surface area contributed by atoms with Crippen molar-refractivity contribution in [3.05, 3.63) is 48.0 Å². The minimum atomic E-state index is -0.135. The van der Waals surface area contributed by atoms with E-state index < -0.39 is 0 Å². The summed E-state index contributed by atoms with van der Waals surface area (Å²) >= 11 is 0. The van der Waals surface area contributed by atoms with Crippen LogP contribution in [0.4, 0.5) is 10.5 Å². The number of anilines is 1. The van der Waals surface area contributed by atoms with Crippen LogP contribution in [0.5, 0.6) is 0 Å². The van der Waals surface area contributed by atoms with E-state index in [0.717, 1.165) is 36.0 Å². The number of amides is 2. The molecule has 2 aromatic carbocycles. The van der Waals surface area contributed by atoms with Crippen molar-refractivity contribution in [2.45, 2.75) is 32.2 Å². The van der Waals surface area contributed by atoms with E-state index in [2.05, 4.69) is 10.3 Å². The zero-order valence-electron chi connectivity index (χ0n) is 15.3. The van der Waals surface area contributed by atoms with Crippen LogP contribution in [0.15, 0.2) is 46.9 Å². The first-order valence-corrected chi connectivity index (χ1v) is 9.31. The van der Waals surface area contributed by atoms with Crippen LogP contribution >= 0.6 is 0 Å². The van der Waals surface area contributed by atoms with Gasteiger partial charge in [-0.25, -0.2) is 9.78 Å². The monoisotopic (exact) mass is 365 g/mol. The summed E-state index contributed by atoms with van der Waals surface area (Å²) in [6.07, 6.45) is 2.53. The number of aromatic nitrogens is 1. The van der Waals surface area contributed by atoms with Crippen LogP contribution in [-0.4, -0.2) is 40.2 Å². The Hall–Kier alpha value is -2.86. The average Bonchev–Trinajstić information content (AvgIpc) is 3.29. The number of likely N-dealkylation sites (tertiary alicyclic amines) is 1. The fourth-order valence-corrected chi connectivity index (χ4v) is 3.68. The maximum atomic E-state index is 12.6. The summed E-state index contributed by atoms with van der Waals surface area (Å²) in [6, 6.07) is 13.4. The number of nitrogens with one attached hydrogen (secondary N) is 1. The van der Waals surface area contributed by atoms with Gasteiger partial charge in [0.2, 0.25) is 5.89 Å². The molecule has 27 heavy (non-hydrogen) atoms. The molecule has 2 N–H and O–H groups in total. The van der Waals surface area contributed by atoms with Gasteiger partial charge >= 0.3 is 6.03 Å². The maximum Gasteiger partial charge on any atom is 0.322 e. The summed E-state index contributed by atoms with van der Waals surface area (Å²) in [4.78, 5) is 19.0. The molecule has 1 atom stereocenters. The smallest absolute Gasteiger partial charge is 0.322 e. The Labute approximate surface area is 157 Å². The molecule has 0 radical (unpaired) electrons. The van der Waals surface area contributed by atoms with E-state index >= 15 is 0 Å². The predicted octanol–water partition coefficient (Wildman–Crippen LogP) is 4.18. The molecule has 1 saturated heterocycles. The molecule has 0 aliphatic carbocycles. The Morgan fingerprint density at radius 3 is 3.00 bits per heavy atom. The van der Waals surface area contributed by atoms with Crippen molar-refractivity contribution in [1.82, 2.24) is 9.88 Å². The third kappa shape index (κ3) is 3.53. The fourth-order valence-electron chi connectivity index (χ4n) is 3.68. The second-order valence-corrected chi connectivity index (χ2v) is 6.95. The van der Waals surface area contributed by atoms with Crippen molar-refractivity contribution < 1.29 is 14.3 Å². The number of urea groups is 1. The molecule has 2 heterocycles. The van der Waals surface area contributed by atoms with Crippen molar-refractivity contribution in [1.29, 1.82) is 0 Å². The third-order valence-electron chi connectivity index (χ3n) is 5.12. The maximum absolute atomic E-state index is 12.6. The highest BCUT2D eigenvalue weighted by Crippen LogP contribution is 2.28. The Morgan fingerprint density at radius 1 is 1.33 bits per heavy atom. The number of hydrogen-bond donors (Lipinski definition) is 2. The molecule has 140 valence electrons. The first-order chi connectivity index (χ1) is 13.2. The molecular weight excluding hydrogens is 342 g/mol. The lowest BCUT2D eigenvalue weighted by Crippen LogP contribution is -2.39. The minimum Gasteiger partial charge on any atom is -0.436 e. The number of fused-ring (bicyclic) bond motifs is 1. The van der Waals surface area contributed by atoms with Crippen molar-refractivity contribution in [3.63, 3.8) is 0 Å². The summed E-state index contributed by atoms with van der Waals surface area (Å²) in [5.41, 5.74) is 4.13. The van der Waals surface area contributed by atoms with Gasteiger partial charge in [-0.3, -0.25) is 0 Å². The largest absolute Gasteiger partial charge is 0.436 e. The summed E-state index contributed by atoms with van der Waals surface area (Å²) in [7, 11) is 0. The molecule has 2 amide bonds. The molecule has 1 aliphatic rings. The van der Waals surface area contributed by atoms with E-state index in [9.17, 15) is 9.90 Å². The normalized spacial score (nSPS) is 16.8. The molecule has 1 aromatic heterocycles. The number of oxazole rings is 1. The zero-order chi connectivity index (χ0) is 18.8. The molecule has 0 unspecified atom stereocenters. The van der Waals surface area contributed by atoms with Gasteiger partial charge in [-0.1, -0.05) is 18.2 Å². The average molecular weight is 365 g/mol. The first-order valence-electron chi connectivity index (χ1n) is 9.31. The van der Waals surface area contributed by atoms with E-state index in [0.29, 0.717) is 23.6 Å². The zero-order valence-corrected chi connectivity index (χ0v) is 15.3. The van der Waals surface area contributed by atoms with Crippen LogP contribution < -0.4 is 5.32 Å². The van der Waals surface area contributed by atoms with Crippen LogP contribution in [-0.2, 0) is 0 Å². The summed E-state index contributed by atoms with van der Waals surface area (Å²) in [5.74, 6) is 0.578. The van der Waals surface area contributed by atoms with Crippen LogP contribution in [0, 0.1) is 6.92 Å². The van der Waals surface area contributed by atoms with Gasteiger partial charge < -0.3 is 19.7 Å². The van der Waals surface area contributed by atoms with Gasteiger partial charge in [0.15, 0.2) is 5.58 Å². The molecule has 0 saturated carbocycles. The highest BCUT2D eigenvalue weighted by molar-refractivity contribution is 5.92. The number of carbonyl (C=O) groups is 1. The second kappa shape index (κ2) is 7.40. The van der Waals surface area contributed by atoms with Crippen LogP contribution in [0.2, 0.25) is 0 Å². The van der Waals surface area contributed by atoms with Gasteiger partial charge in [0.1, 0.15) is 5.52 Å². The standard InChI is InChI=1S/C21H23N3O3/c1-14-5-2-3-7-17(14)20-23-18-9-8-15(13-19(18)27-20)22-21(26)24-11-4-6-16(24)10-12-25/h2-3,5,7-9,13,16,25H,4,6,10-12H2,1H3,(H,22,26)/t16-/m0/s1. The lowest BCUT2D eigenvalue weighted by atomic mass is 10.1. The molecule has 1 aliphatic heterocycles. The summed E-state index contributed by atoms with van der Waals surface area (Å²) < 4.78 is 5.93. The Balaban J connectivity index is 1.55. The van der Waals surface area contributed by atoms with Crippen molar-refractivity contribution in [2.75, 3.05) is 18.5 Å². The summed E-state index contributed by atoms with van der Waals surface area (Å²) in [5, 5.41) is 12.1. The highest BCUT2D eigenvalue weighted by atomic mass is 16.3. The van der Waals surface area contributed by atoms with Gasteiger partial charge in [0.05, 0.1) is 0 Å². The van der Waals surface area contributed by atoms with E-state index in [1.165, 1.54) is 0 Å². The van der Waals surface area contributed by atoms with Crippen LogP contribution in [0.25, 0.3) is 22.6 Å². The SMILES string of the molecule is Cc1ccccc1-c1nc2ccc(NC(=O)N3CCC[C@H]3CCO)cc2o1. The number of rotatable bonds is 4. The van der Waals surface area contributed by atoms with Crippen molar-refractivity contribution in [2.24, 2.45) is 0 Å². The molecule has 6 heteroatoms. The van der Waals surface area contributed by atoms with E-state index in [1.807, 2.05) is 43.3 Å². The number of aliphatic hydroxyl groups is 1. The Kier molecular flexibility index (Phi) is 4.81. The van der Waals surface area contributed by atoms with Crippen molar-refractivity contribution in [3.8, 4) is 11.5 Å². The van der Waals surface area contributed by atoms with E-state index in [4.69, 9.17) is 4.42 Å². The molecule has 3 aromatic rings. The molecule has 6 nitrogen and oxygen atoms in total. The summed E-state index contributed by atoms with van der Waals surface area (Å²) in [6.45, 7) is 2.84. The van der Waals surface area contributed by atoms with Gasteiger partial charge in [-0.05, 0) is 49.9 Å². The first kappa shape index (κ1) is 17.5. The molecular formula is C21H23N3O3. The lowest BCUT2D eigenvalue weighted by Gasteiger charge is -2.24. The predicted molar refractivity (Wildman–Crippen MR) is 105 cm³/mol. The van der Waals surface area contributed by atoms with Gasteiger partial charge in [-0.2, -0.15) is 0 Å². The second-order valence-electron chi connectivity index (χ2n) is 6.95. The number of benzene rings is 2. The molecule has 0 bridgehead atoms. The Bertz CT molecular complexity index is 966. The van der Waals surface area contributed by atoms with Gasteiger partial charge in [-0.15, -0.1) is 0 Å². The number of nitrogens with zero attached hydrogens (tertiary/aromatic N) is 2. The highest BCUT2D eigenvalue weighted by Gasteiger charge is 2.28. The minimum absolute atomic E-state index is 0.0974. The van der Waals surface area contributed by atoms with E-state index in [-0.39, 0.29) is 18.7 Å². The molecule has 0 spiro atoms. The fraction of sp³-hybridized carbons (Fsp3) is 0.333. The number of carbonyl (C=O) groups excluding carboxylic acids is 1. The molecule has 4 rings (SSSR count). The van der Waals surface area contributed by atoms with E-state index in [1.54, 1.807) is 11.0 Å². The number of aliphatic hydroxyl groups excluding tert-OH is 1. The van der Waals surface area contributed by atoms with Gasteiger partial charge in [0.25, 0.3) is 0 Å². The quantitative estimate of drug-likeness (QED) is 0.727. The number of hydrogen-bond acceptors (Lipinski definition) is 4. The third-order valence-corrected chi connectivity index (χ3v) is 5.12. The van der Waals surface area contributed by atoms with Crippen molar-refractivity contribution >= 4 is 22.8 Å². The topological polar surface area (TPSA) is 78.6 Å². The number of aryl methyl sites for hydroxylation is 1. The van der Waals surface area contributed by atoms with Crippen LogP contribution in [0.1, 0.15) is 24.8 Å². The van der Waals surface area contributed by atoms with Gasteiger partial charge in [0, 0.05) is 36.5 Å². The Morgan fingerprint density at radius 2 is 2.19 bits per heavy atom. The lowest BCUT2D eigenvalue weighted by molar-refractivity contribution is 0.189. The van der Waals surface area contributed by atoms with Crippen LogP contribution in [0.3, 0.4) is 0 Å².